The number of aryl methyl sites for hydroxylation is 1. The van der Waals surface area contributed by atoms with E-state index in [2.05, 4.69) is 15.5 Å². The number of aromatic hydroxyl groups is 1. The SMILES string of the molecule is Cc1cc(-c2ccc(Nc3nc(-c4ccc(O)cc4)cs3)cc2S(N)(=O)=O)no1. The lowest BCUT2D eigenvalue weighted by molar-refractivity contribution is 0.399. The molecular formula is C19H16N4O4S2. The monoisotopic (exact) mass is 428 g/mol. The van der Waals surface area contributed by atoms with Crippen molar-refractivity contribution < 1.29 is 18.0 Å². The number of primary sulfonamides is 1. The minimum Gasteiger partial charge on any atom is -0.508 e. The van der Waals surface area contributed by atoms with Crippen LogP contribution in [0, 0.1) is 6.92 Å². The van der Waals surface area contributed by atoms with E-state index in [9.17, 15) is 13.5 Å². The Morgan fingerprint density at radius 1 is 1.10 bits per heavy atom. The maximum atomic E-state index is 12.1. The third kappa shape index (κ3) is 4.14. The van der Waals surface area contributed by atoms with Gasteiger partial charge in [0.2, 0.25) is 10.0 Å². The Morgan fingerprint density at radius 3 is 2.52 bits per heavy atom. The molecule has 0 unspecified atom stereocenters. The fourth-order valence-electron chi connectivity index (χ4n) is 2.76. The highest BCUT2D eigenvalue weighted by molar-refractivity contribution is 7.89. The molecule has 0 amide bonds. The lowest BCUT2D eigenvalue weighted by Crippen LogP contribution is -2.13. The molecule has 0 aliphatic carbocycles. The first kappa shape index (κ1) is 19.1. The Hall–Kier alpha value is -3.21. The zero-order valence-corrected chi connectivity index (χ0v) is 16.8. The van der Waals surface area contributed by atoms with Gasteiger partial charge in [0.15, 0.2) is 5.13 Å². The molecule has 4 N–H and O–H groups in total. The number of benzene rings is 2. The van der Waals surface area contributed by atoms with Crippen molar-refractivity contribution in [1.82, 2.24) is 10.1 Å². The van der Waals surface area contributed by atoms with Crippen molar-refractivity contribution in [1.29, 1.82) is 0 Å². The summed E-state index contributed by atoms with van der Waals surface area (Å²) in [6.45, 7) is 1.72. The molecule has 4 aromatic rings. The number of sulfonamides is 1. The normalized spacial score (nSPS) is 11.5. The molecule has 8 nitrogen and oxygen atoms in total. The first-order valence-electron chi connectivity index (χ1n) is 8.42. The molecule has 0 saturated carbocycles. The fraction of sp³-hybridized carbons (Fsp3) is 0.0526. The summed E-state index contributed by atoms with van der Waals surface area (Å²) in [6, 6.07) is 13.1. The van der Waals surface area contributed by atoms with Gasteiger partial charge in [-0.2, -0.15) is 0 Å². The van der Waals surface area contributed by atoms with E-state index in [0.717, 1.165) is 11.3 Å². The van der Waals surface area contributed by atoms with Gasteiger partial charge in [0.1, 0.15) is 17.2 Å². The van der Waals surface area contributed by atoms with Crippen LogP contribution in [0.4, 0.5) is 10.8 Å². The molecule has 0 atom stereocenters. The number of hydrogen-bond donors (Lipinski definition) is 3. The van der Waals surface area contributed by atoms with Crippen molar-refractivity contribution >= 4 is 32.2 Å². The largest absolute Gasteiger partial charge is 0.508 e. The number of nitrogens with two attached hydrogens (primary N) is 1. The average molecular weight is 428 g/mol. The Balaban J connectivity index is 1.65. The summed E-state index contributed by atoms with van der Waals surface area (Å²) in [4.78, 5) is 4.44. The van der Waals surface area contributed by atoms with Crippen LogP contribution in [0.3, 0.4) is 0 Å². The first-order chi connectivity index (χ1) is 13.8. The number of hydrogen-bond acceptors (Lipinski definition) is 8. The van der Waals surface area contributed by atoms with Crippen LogP contribution in [0.5, 0.6) is 5.75 Å². The van der Waals surface area contributed by atoms with Crippen LogP contribution in [-0.4, -0.2) is 23.7 Å². The molecule has 0 aliphatic rings. The van der Waals surface area contributed by atoms with Crippen molar-refractivity contribution in [3.8, 4) is 28.3 Å². The molecule has 2 aromatic heterocycles. The third-order valence-corrected chi connectivity index (χ3v) is 5.82. The maximum absolute atomic E-state index is 12.1. The number of thiazole rings is 1. The van der Waals surface area contributed by atoms with Gasteiger partial charge in [0.05, 0.1) is 10.6 Å². The lowest BCUT2D eigenvalue weighted by Gasteiger charge is -2.09. The molecule has 10 heteroatoms. The van der Waals surface area contributed by atoms with Gasteiger partial charge >= 0.3 is 0 Å². The maximum Gasteiger partial charge on any atom is 0.238 e. The zero-order valence-electron chi connectivity index (χ0n) is 15.2. The van der Waals surface area contributed by atoms with Crippen LogP contribution < -0.4 is 10.5 Å². The topological polar surface area (TPSA) is 131 Å². The van der Waals surface area contributed by atoms with Crippen molar-refractivity contribution in [2.75, 3.05) is 5.32 Å². The molecule has 148 valence electrons. The molecular weight excluding hydrogens is 412 g/mol. The number of phenolic OH excluding ortho intramolecular Hbond substituents is 1. The standard InChI is InChI=1S/C19H16N4O4S2/c1-11-8-16(23-27-11)15-7-4-13(9-18(15)29(20,25)26)21-19-22-17(10-28-19)12-2-5-14(24)6-3-12/h2-10,24H,1H3,(H,21,22)(H2,20,25,26). The molecule has 4 rings (SSSR count). The summed E-state index contributed by atoms with van der Waals surface area (Å²) < 4.78 is 29.3. The second-order valence-electron chi connectivity index (χ2n) is 6.29. The summed E-state index contributed by atoms with van der Waals surface area (Å²) >= 11 is 1.37. The molecule has 29 heavy (non-hydrogen) atoms. The van der Waals surface area contributed by atoms with Crippen LogP contribution in [0.15, 0.2) is 63.3 Å². The van der Waals surface area contributed by atoms with Gasteiger partial charge in [0, 0.05) is 28.3 Å². The molecule has 0 fully saturated rings. The van der Waals surface area contributed by atoms with Crippen LogP contribution in [0.25, 0.3) is 22.5 Å². The molecule has 2 aromatic carbocycles. The second kappa shape index (κ2) is 7.32. The van der Waals surface area contributed by atoms with Crippen molar-refractivity contribution in [2.45, 2.75) is 11.8 Å². The predicted octanol–water partition coefficient (Wildman–Crippen LogP) is 3.87. The molecule has 0 spiro atoms. The van der Waals surface area contributed by atoms with Gasteiger partial charge in [-0.15, -0.1) is 11.3 Å². The van der Waals surface area contributed by atoms with Crippen molar-refractivity contribution in [3.05, 3.63) is 59.7 Å². The molecule has 0 saturated heterocycles. The van der Waals surface area contributed by atoms with E-state index in [4.69, 9.17) is 9.66 Å². The van der Waals surface area contributed by atoms with Gasteiger partial charge < -0.3 is 14.9 Å². The van der Waals surface area contributed by atoms with Crippen LogP contribution in [0.2, 0.25) is 0 Å². The number of aromatic nitrogens is 2. The molecule has 0 radical (unpaired) electrons. The summed E-state index contributed by atoms with van der Waals surface area (Å²) in [5.41, 5.74) is 2.86. The smallest absolute Gasteiger partial charge is 0.238 e. The van der Waals surface area contributed by atoms with Gasteiger partial charge in [-0.05, 0) is 49.4 Å². The average Bonchev–Trinajstić information content (AvgIpc) is 3.31. The van der Waals surface area contributed by atoms with Gasteiger partial charge in [0.25, 0.3) is 0 Å². The van der Waals surface area contributed by atoms with E-state index < -0.39 is 10.0 Å². The fourth-order valence-corrected chi connectivity index (χ4v) is 4.27. The van der Waals surface area contributed by atoms with Gasteiger partial charge in [-0.1, -0.05) is 5.16 Å². The Morgan fingerprint density at radius 2 is 1.86 bits per heavy atom. The van der Waals surface area contributed by atoms with E-state index >= 15 is 0 Å². The lowest BCUT2D eigenvalue weighted by atomic mass is 10.1. The quantitative estimate of drug-likeness (QED) is 0.440. The number of nitrogens with one attached hydrogen (secondary N) is 1. The van der Waals surface area contributed by atoms with E-state index in [-0.39, 0.29) is 10.6 Å². The Kier molecular flexibility index (Phi) is 4.82. The number of anilines is 2. The summed E-state index contributed by atoms with van der Waals surface area (Å²) in [7, 11) is -3.99. The summed E-state index contributed by atoms with van der Waals surface area (Å²) in [5, 5.41) is 24.2. The highest BCUT2D eigenvalue weighted by Gasteiger charge is 2.19. The minimum absolute atomic E-state index is 0.0638. The van der Waals surface area contributed by atoms with Crippen molar-refractivity contribution in [3.63, 3.8) is 0 Å². The summed E-state index contributed by atoms with van der Waals surface area (Å²) in [6.07, 6.45) is 0. The number of nitrogens with zero attached hydrogens (tertiary/aromatic N) is 2. The highest BCUT2D eigenvalue weighted by atomic mass is 32.2. The summed E-state index contributed by atoms with van der Waals surface area (Å²) in [5.74, 6) is 0.743. The molecule has 2 heterocycles. The van der Waals surface area contributed by atoms with Crippen LogP contribution >= 0.6 is 11.3 Å². The zero-order chi connectivity index (χ0) is 20.6. The predicted molar refractivity (Wildman–Crippen MR) is 111 cm³/mol. The third-order valence-electron chi connectivity index (χ3n) is 4.11. The van der Waals surface area contributed by atoms with Crippen molar-refractivity contribution in [2.24, 2.45) is 5.14 Å². The first-order valence-corrected chi connectivity index (χ1v) is 10.8. The molecule has 0 bridgehead atoms. The van der Waals surface area contributed by atoms with E-state index in [0.29, 0.717) is 27.8 Å². The van der Waals surface area contributed by atoms with E-state index in [1.165, 1.54) is 17.4 Å². The molecule has 0 aliphatic heterocycles. The Labute approximate surface area is 170 Å². The van der Waals surface area contributed by atoms with Crippen LogP contribution in [-0.2, 0) is 10.0 Å². The second-order valence-corrected chi connectivity index (χ2v) is 8.68. The Bertz CT molecular complexity index is 1280. The number of rotatable bonds is 5. The van der Waals surface area contributed by atoms with E-state index in [1.54, 1.807) is 49.4 Å². The number of phenols is 1. The minimum atomic E-state index is -3.99. The van der Waals surface area contributed by atoms with E-state index in [1.807, 2.05) is 5.38 Å². The highest BCUT2D eigenvalue weighted by Crippen LogP contribution is 2.32. The van der Waals surface area contributed by atoms with Gasteiger partial charge in [-0.25, -0.2) is 18.5 Å². The van der Waals surface area contributed by atoms with Crippen LogP contribution in [0.1, 0.15) is 5.76 Å². The van der Waals surface area contributed by atoms with Gasteiger partial charge in [-0.3, -0.25) is 0 Å².